The number of thioether (sulfide) groups is 1. The quantitative estimate of drug-likeness (QED) is 0.772. The maximum absolute atomic E-state index is 13.2. The predicted octanol–water partition coefficient (Wildman–Crippen LogP) is 2.87. The van der Waals surface area contributed by atoms with E-state index < -0.39 is 0 Å². The molecule has 0 aliphatic carbocycles. The van der Waals surface area contributed by atoms with Crippen LogP contribution in [0.4, 0.5) is 4.39 Å². The SMILES string of the molecule is NC1CC2(CCSCC2)Oc2ccc(F)cc21. The molecule has 0 bridgehead atoms. The highest BCUT2D eigenvalue weighted by Crippen LogP contribution is 2.44. The molecule has 2 nitrogen and oxygen atoms in total. The summed E-state index contributed by atoms with van der Waals surface area (Å²) in [5.41, 5.74) is 6.88. The molecule has 2 aliphatic rings. The van der Waals surface area contributed by atoms with Gasteiger partial charge in [0.2, 0.25) is 0 Å². The summed E-state index contributed by atoms with van der Waals surface area (Å²) in [6.07, 6.45) is 2.90. The van der Waals surface area contributed by atoms with Gasteiger partial charge < -0.3 is 10.5 Å². The van der Waals surface area contributed by atoms with Crippen LogP contribution in [0.15, 0.2) is 18.2 Å². The molecule has 2 N–H and O–H groups in total. The first-order valence-electron chi connectivity index (χ1n) is 6.00. The molecule has 1 spiro atoms. The number of hydrogen-bond acceptors (Lipinski definition) is 3. The van der Waals surface area contributed by atoms with Gasteiger partial charge in [0.25, 0.3) is 0 Å². The van der Waals surface area contributed by atoms with Crippen LogP contribution in [-0.4, -0.2) is 17.1 Å². The van der Waals surface area contributed by atoms with Crippen molar-refractivity contribution in [3.63, 3.8) is 0 Å². The Morgan fingerprint density at radius 3 is 2.88 bits per heavy atom. The van der Waals surface area contributed by atoms with Gasteiger partial charge in [0.15, 0.2) is 0 Å². The van der Waals surface area contributed by atoms with Crippen LogP contribution in [0.3, 0.4) is 0 Å². The van der Waals surface area contributed by atoms with Crippen molar-refractivity contribution in [2.45, 2.75) is 30.9 Å². The summed E-state index contributed by atoms with van der Waals surface area (Å²) in [7, 11) is 0. The Bertz CT molecular complexity index is 431. The first-order valence-corrected chi connectivity index (χ1v) is 7.16. The molecule has 0 amide bonds. The number of ether oxygens (including phenoxy) is 1. The van der Waals surface area contributed by atoms with Gasteiger partial charge in [0, 0.05) is 18.0 Å². The molecule has 1 unspecified atom stereocenters. The first kappa shape index (κ1) is 11.4. The normalized spacial score (nSPS) is 26.4. The Kier molecular flexibility index (Phi) is 2.79. The highest BCUT2D eigenvalue weighted by atomic mass is 32.2. The summed E-state index contributed by atoms with van der Waals surface area (Å²) in [4.78, 5) is 0. The number of rotatable bonds is 0. The number of nitrogens with two attached hydrogens (primary N) is 1. The van der Waals surface area contributed by atoms with Crippen molar-refractivity contribution in [1.82, 2.24) is 0 Å². The van der Waals surface area contributed by atoms with Crippen molar-refractivity contribution >= 4 is 11.8 Å². The predicted molar refractivity (Wildman–Crippen MR) is 67.9 cm³/mol. The average molecular weight is 253 g/mol. The van der Waals surface area contributed by atoms with E-state index in [1.165, 1.54) is 12.1 Å². The van der Waals surface area contributed by atoms with E-state index >= 15 is 0 Å². The van der Waals surface area contributed by atoms with Gasteiger partial charge >= 0.3 is 0 Å². The highest BCUT2D eigenvalue weighted by Gasteiger charge is 2.40. The molecule has 0 aromatic heterocycles. The molecular formula is C13H16FNOS. The number of halogens is 1. The van der Waals surface area contributed by atoms with E-state index in [0.29, 0.717) is 0 Å². The molecule has 1 saturated heterocycles. The Balaban J connectivity index is 1.94. The smallest absolute Gasteiger partial charge is 0.125 e. The number of fused-ring (bicyclic) bond motifs is 1. The summed E-state index contributed by atoms with van der Waals surface area (Å²) in [6, 6.07) is 4.57. The van der Waals surface area contributed by atoms with Crippen LogP contribution in [0.1, 0.15) is 30.9 Å². The summed E-state index contributed by atoms with van der Waals surface area (Å²) in [5, 5.41) is 0. The largest absolute Gasteiger partial charge is 0.487 e. The van der Waals surface area contributed by atoms with Crippen LogP contribution in [-0.2, 0) is 0 Å². The van der Waals surface area contributed by atoms with Crippen LogP contribution in [0.5, 0.6) is 5.75 Å². The van der Waals surface area contributed by atoms with Crippen molar-refractivity contribution in [3.05, 3.63) is 29.6 Å². The van der Waals surface area contributed by atoms with Crippen molar-refractivity contribution in [2.24, 2.45) is 5.73 Å². The van der Waals surface area contributed by atoms with Gasteiger partial charge in [-0.05, 0) is 42.5 Å². The summed E-state index contributed by atoms with van der Waals surface area (Å²) in [6.45, 7) is 0. The minimum atomic E-state index is -0.238. The maximum Gasteiger partial charge on any atom is 0.125 e. The molecule has 1 aromatic carbocycles. The molecule has 92 valence electrons. The second kappa shape index (κ2) is 4.18. The molecule has 17 heavy (non-hydrogen) atoms. The van der Waals surface area contributed by atoms with Gasteiger partial charge in [-0.2, -0.15) is 11.8 Å². The van der Waals surface area contributed by atoms with Gasteiger partial charge in [-0.15, -0.1) is 0 Å². The average Bonchev–Trinajstić information content (AvgIpc) is 2.31. The highest BCUT2D eigenvalue weighted by molar-refractivity contribution is 7.99. The van der Waals surface area contributed by atoms with Crippen LogP contribution < -0.4 is 10.5 Å². The number of hydrogen-bond donors (Lipinski definition) is 1. The summed E-state index contributed by atoms with van der Waals surface area (Å²) < 4.78 is 19.3. The zero-order valence-corrected chi connectivity index (χ0v) is 10.4. The lowest BCUT2D eigenvalue weighted by Gasteiger charge is -2.43. The van der Waals surface area contributed by atoms with Crippen LogP contribution in [0, 0.1) is 5.82 Å². The van der Waals surface area contributed by atoms with Crippen LogP contribution >= 0.6 is 11.8 Å². The molecule has 2 heterocycles. The second-order valence-corrected chi connectivity index (χ2v) is 6.11. The lowest BCUT2D eigenvalue weighted by molar-refractivity contribution is 0.0278. The van der Waals surface area contributed by atoms with E-state index in [9.17, 15) is 4.39 Å². The molecule has 4 heteroatoms. The van der Waals surface area contributed by atoms with Crippen molar-refractivity contribution in [2.75, 3.05) is 11.5 Å². The number of benzene rings is 1. The Morgan fingerprint density at radius 2 is 2.12 bits per heavy atom. The van der Waals surface area contributed by atoms with Gasteiger partial charge in [0.1, 0.15) is 17.2 Å². The Morgan fingerprint density at radius 1 is 1.35 bits per heavy atom. The zero-order valence-electron chi connectivity index (χ0n) is 9.62. The van der Waals surface area contributed by atoms with Gasteiger partial charge in [-0.3, -0.25) is 0 Å². The first-order chi connectivity index (χ1) is 8.19. The fraction of sp³-hybridized carbons (Fsp3) is 0.538. The summed E-state index contributed by atoms with van der Waals surface area (Å²) in [5.74, 6) is 2.79. The monoisotopic (exact) mass is 253 g/mol. The molecule has 1 aromatic rings. The van der Waals surface area contributed by atoms with E-state index in [0.717, 1.165) is 42.1 Å². The van der Waals surface area contributed by atoms with E-state index in [1.807, 2.05) is 11.8 Å². The minimum Gasteiger partial charge on any atom is -0.487 e. The zero-order chi connectivity index (χ0) is 11.9. The maximum atomic E-state index is 13.2. The van der Waals surface area contributed by atoms with Gasteiger partial charge in [0.05, 0.1) is 0 Å². The van der Waals surface area contributed by atoms with Crippen molar-refractivity contribution < 1.29 is 9.13 Å². The third-order valence-corrected chi connectivity index (χ3v) is 4.68. The van der Waals surface area contributed by atoms with Crippen molar-refractivity contribution in [1.29, 1.82) is 0 Å². The topological polar surface area (TPSA) is 35.2 Å². The van der Waals surface area contributed by atoms with Crippen molar-refractivity contribution in [3.8, 4) is 5.75 Å². The Labute approximate surface area is 105 Å². The van der Waals surface area contributed by atoms with Crippen LogP contribution in [0.2, 0.25) is 0 Å². The third-order valence-electron chi connectivity index (χ3n) is 3.69. The van der Waals surface area contributed by atoms with Gasteiger partial charge in [-0.1, -0.05) is 0 Å². The molecule has 0 saturated carbocycles. The van der Waals surface area contributed by atoms with E-state index in [4.69, 9.17) is 10.5 Å². The Hall–Kier alpha value is -0.740. The molecule has 3 rings (SSSR count). The van der Waals surface area contributed by atoms with Gasteiger partial charge in [-0.25, -0.2) is 4.39 Å². The molecule has 1 fully saturated rings. The molecule has 1 atom stereocenters. The van der Waals surface area contributed by atoms with Crippen LogP contribution in [0.25, 0.3) is 0 Å². The lowest BCUT2D eigenvalue weighted by Crippen LogP contribution is -2.45. The summed E-state index contributed by atoms with van der Waals surface area (Å²) >= 11 is 1.97. The molecular weight excluding hydrogens is 237 g/mol. The fourth-order valence-electron chi connectivity index (χ4n) is 2.74. The minimum absolute atomic E-state index is 0.0995. The molecule has 2 aliphatic heterocycles. The second-order valence-electron chi connectivity index (χ2n) is 4.89. The lowest BCUT2D eigenvalue weighted by atomic mass is 9.83. The fourth-order valence-corrected chi connectivity index (χ4v) is 3.97. The standard InChI is InChI=1S/C13H16FNOS/c14-9-1-2-12-10(7-9)11(15)8-13(16-12)3-5-17-6-4-13/h1-2,7,11H,3-6,8,15H2. The third kappa shape index (κ3) is 2.04. The van der Waals surface area contributed by atoms with E-state index in [-0.39, 0.29) is 17.5 Å². The van der Waals surface area contributed by atoms with E-state index in [1.54, 1.807) is 6.07 Å². The molecule has 0 radical (unpaired) electrons. The van der Waals surface area contributed by atoms with E-state index in [2.05, 4.69) is 0 Å².